The summed E-state index contributed by atoms with van der Waals surface area (Å²) >= 11 is 0. The van der Waals surface area contributed by atoms with Gasteiger partial charge in [0.1, 0.15) is 21.5 Å². The summed E-state index contributed by atoms with van der Waals surface area (Å²) < 4.78 is 73.5. The fraction of sp³-hybridized carbons (Fsp3) is 0. The van der Waals surface area contributed by atoms with Gasteiger partial charge in [0, 0.05) is 0 Å². The SMILES string of the molecule is O=S(=O)(SS(=O)(=O)c1ccc(F)cc1)c1ccc(F)cc1. The first-order valence-corrected chi connectivity index (χ1v) is 10.2. The van der Waals surface area contributed by atoms with Crippen molar-refractivity contribution in [3.05, 3.63) is 60.2 Å². The molecule has 112 valence electrons. The molecular formula is C12H8F2O4S3. The van der Waals surface area contributed by atoms with Gasteiger partial charge in [-0.1, -0.05) is 0 Å². The Bertz CT molecular complexity index is 769. The van der Waals surface area contributed by atoms with Crippen LogP contribution in [0.4, 0.5) is 8.78 Å². The van der Waals surface area contributed by atoms with E-state index in [-0.39, 0.29) is 19.6 Å². The molecule has 0 radical (unpaired) electrons. The molecule has 0 saturated carbocycles. The fourth-order valence-electron chi connectivity index (χ4n) is 1.40. The molecule has 0 N–H and O–H groups in total. The Balaban J connectivity index is 2.35. The lowest BCUT2D eigenvalue weighted by atomic mass is 10.4. The van der Waals surface area contributed by atoms with Crippen molar-refractivity contribution in [3.8, 4) is 0 Å². The van der Waals surface area contributed by atoms with Gasteiger partial charge in [0.15, 0.2) is 0 Å². The summed E-state index contributed by atoms with van der Waals surface area (Å²) in [6.07, 6.45) is 0. The predicted octanol–water partition coefficient (Wildman–Crippen LogP) is 2.78. The fourth-order valence-corrected chi connectivity index (χ4v) is 8.11. The van der Waals surface area contributed by atoms with E-state index in [4.69, 9.17) is 0 Å². The van der Waals surface area contributed by atoms with Gasteiger partial charge in [-0.25, -0.2) is 25.6 Å². The van der Waals surface area contributed by atoms with Gasteiger partial charge in [-0.15, -0.1) is 0 Å². The van der Waals surface area contributed by atoms with E-state index in [0.29, 0.717) is 0 Å². The van der Waals surface area contributed by atoms with Crippen LogP contribution in [0.25, 0.3) is 0 Å². The molecule has 0 aliphatic heterocycles. The van der Waals surface area contributed by atoms with Crippen LogP contribution in [0.1, 0.15) is 0 Å². The summed E-state index contributed by atoms with van der Waals surface area (Å²) in [4.78, 5) is -0.667. The van der Waals surface area contributed by atoms with E-state index in [0.717, 1.165) is 48.5 Å². The van der Waals surface area contributed by atoms with Crippen molar-refractivity contribution in [2.24, 2.45) is 0 Å². The number of hydrogen-bond acceptors (Lipinski definition) is 5. The molecule has 0 spiro atoms. The van der Waals surface area contributed by atoms with Gasteiger partial charge < -0.3 is 0 Å². The second-order valence-electron chi connectivity index (χ2n) is 3.88. The van der Waals surface area contributed by atoms with Gasteiger partial charge in [0.25, 0.3) is 0 Å². The van der Waals surface area contributed by atoms with Gasteiger partial charge in [-0.3, -0.25) is 0 Å². The molecule has 2 rings (SSSR count). The Morgan fingerprint density at radius 1 is 0.619 bits per heavy atom. The van der Waals surface area contributed by atoms with E-state index >= 15 is 0 Å². The highest BCUT2D eigenvalue weighted by Gasteiger charge is 2.27. The van der Waals surface area contributed by atoms with E-state index in [1.807, 2.05) is 0 Å². The zero-order valence-electron chi connectivity index (χ0n) is 10.2. The molecule has 0 amide bonds. The molecule has 0 unspecified atom stereocenters. The predicted molar refractivity (Wildman–Crippen MR) is 74.8 cm³/mol. The summed E-state index contributed by atoms with van der Waals surface area (Å²) in [5.74, 6) is -1.28. The summed E-state index contributed by atoms with van der Waals surface area (Å²) in [6, 6.07) is 7.54. The highest BCUT2D eigenvalue weighted by molar-refractivity contribution is 9.04. The van der Waals surface area contributed by atoms with Gasteiger partial charge in [-0.05, 0) is 48.5 Å². The Labute approximate surface area is 123 Å². The summed E-state index contributed by atoms with van der Waals surface area (Å²) in [6.45, 7) is 0. The number of hydrogen-bond donors (Lipinski definition) is 0. The minimum absolute atomic E-state index is 0.278. The van der Waals surface area contributed by atoms with Crippen molar-refractivity contribution in [3.63, 3.8) is 0 Å². The Morgan fingerprint density at radius 3 is 1.19 bits per heavy atom. The average molecular weight is 350 g/mol. The number of halogens is 2. The van der Waals surface area contributed by atoms with Crippen LogP contribution in [0.15, 0.2) is 58.3 Å². The molecule has 0 aromatic heterocycles. The zero-order chi connectivity index (χ0) is 15.7. The van der Waals surface area contributed by atoms with Gasteiger partial charge in [0.05, 0.1) is 9.79 Å². The van der Waals surface area contributed by atoms with Gasteiger partial charge >= 0.3 is 0 Å². The number of rotatable bonds is 4. The molecule has 0 aliphatic rings. The Kier molecular flexibility index (Phi) is 4.35. The lowest BCUT2D eigenvalue weighted by molar-refractivity contribution is 0.607. The van der Waals surface area contributed by atoms with Crippen LogP contribution in [0.5, 0.6) is 0 Å². The van der Waals surface area contributed by atoms with E-state index in [1.165, 1.54) is 0 Å². The molecule has 0 bridgehead atoms. The van der Waals surface area contributed by atoms with Crippen LogP contribution in [-0.4, -0.2) is 16.8 Å². The molecule has 21 heavy (non-hydrogen) atoms. The molecule has 0 aliphatic carbocycles. The lowest BCUT2D eigenvalue weighted by Crippen LogP contribution is -2.03. The molecular weight excluding hydrogens is 342 g/mol. The Morgan fingerprint density at radius 2 is 0.905 bits per heavy atom. The first-order valence-electron chi connectivity index (χ1n) is 5.43. The van der Waals surface area contributed by atoms with Crippen LogP contribution in [0, 0.1) is 11.6 Å². The van der Waals surface area contributed by atoms with Crippen molar-refractivity contribution in [2.75, 3.05) is 0 Å². The lowest BCUT2D eigenvalue weighted by Gasteiger charge is -2.05. The van der Waals surface area contributed by atoms with E-state index in [1.54, 1.807) is 0 Å². The monoisotopic (exact) mass is 350 g/mol. The summed E-state index contributed by atoms with van der Waals surface area (Å²) in [5, 5.41) is 0. The second-order valence-corrected chi connectivity index (χ2v) is 11.0. The third kappa shape index (κ3) is 3.80. The molecule has 4 nitrogen and oxygen atoms in total. The first kappa shape index (κ1) is 15.9. The van der Waals surface area contributed by atoms with E-state index < -0.39 is 29.4 Å². The Hall–Kier alpha value is -1.45. The zero-order valence-corrected chi connectivity index (χ0v) is 12.7. The molecule has 0 atom stereocenters. The van der Waals surface area contributed by atoms with E-state index in [2.05, 4.69) is 0 Å². The second kappa shape index (κ2) is 5.74. The minimum atomic E-state index is -4.22. The standard InChI is InChI=1S/C12H8F2O4S3/c13-9-1-5-11(6-2-9)20(15,16)19-21(17,18)12-7-3-10(14)4-8-12/h1-8H. The van der Waals surface area contributed by atoms with Crippen molar-refractivity contribution in [1.82, 2.24) is 0 Å². The molecule has 2 aromatic rings. The third-order valence-corrected chi connectivity index (χ3v) is 9.90. The van der Waals surface area contributed by atoms with Gasteiger partial charge in [0.2, 0.25) is 17.7 Å². The van der Waals surface area contributed by atoms with Gasteiger partial charge in [-0.2, -0.15) is 0 Å². The highest BCUT2D eigenvalue weighted by Crippen LogP contribution is 2.33. The van der Waals surface area contributed by atoms with Crippen molar-refractivity contribution in [2.45, 2.75) is 9.79 Å². The quantitative estimate of drug-likeness (QED) is 0.793. The molecule has 0 fully saturated rings. The smallest absolute Gasteiger partial charge is 0.211 e. The topological polar surface area (TPSA) is 68.3 Å². The van der Waals surface area contributed by atoms with Crippen LogP contribution < -0.4 is 0 Å². The largest absolute Gasteiger partial charge is 0.244 e. The maximum Gasteiger partial charge on any atom is 0.244 e. The van der Waals surface area contributed by atoms with Crippen LogP contribution in [0.3, 0.4) is 0 Å². The minimum Gasteiger partial charge on any atom is -0.211 e. The van der Waals surface area contributed by atoms with Crippen LogP contribution in [0.2, 0.25) is 0 Å². The van der Waals surface area contributed by atoms with Crippen LogP contribution >= 0.6 is 9.83 Å². The summed E-state index contributed by atoms with van der Waals surface area (Å²) in [7, 11) is -8.73. The van der Waals surface area contributed by atoms with Crippen molar-refractivity contribution >= 4 is 27.6 Å². The van der Waals surface area contributed by atoms with Crippen LogP contribution in [-0.2, 0) is 17.7 Å². The highest BCUT2D eigenvalue weighted by atomic mass is 33.5. The summed E-state index contributed by atoms with van der Waals surface area (Å²) in [5.41, 5.74) is 0. The van der Waals surface area contributed by atoms with Crippen molar-refractivity contribution in [1.29, 1.82) is 0 Å². The first-order chi connectivity index (χ1) is 9.71. The molecule has 9 heteroatoms. The van der Waals surface area contributed by atoms with E-state index in [9.17, 15) is 25.6 Å². The number of benzene rings is 2. The molecule has 2 aromatic carbocycles. The maximum atomic E-state index is 12.8. The normalized spacial score (nSPS) is 12.3. The van der Waals surface area contributed by atoms with Crippen molar-refractivity contribution < 1.29 is 25.6 Å². The molecule has 0 heterocycles. The molecule has 0 saturated heterocycles. The third-order valence-electron chi connectivity index (χ3n) is 2.38. The maximum absolute atomic E-state index is 12.8. The average Bonchev–Trinajstić information content (AvgIpc) is 2.38.